The highest BCUT2D eigenvalue weighted by Gasteiger charge is 2.22. The molecule has 0 aliphatic rings. The lowest BCUT2D eigenvalue weighted by atomic mass is 10.3. The summed E-state index contributed by atoms with van der Waals surface area (Å²) in [5.41, 5.74) is 0. The summed E-state index contributed by atoms with van der Waals surface area (Å²) >= 11 is 17.4. The van der Waals surface area contributed by atoms with Crippen molar-refractivity contribution in [3.8, 4) is 5.75 Å². The van der Waals surface area contributed by atoms with E-state index in [2.05, 4.69) is 0 Å². The molecule has 0 saturated carbocycles. The van der Waals surface area contributed by atoms with Crippen LogP contribution in [0.25, 0.3) is 0 Å². The third kappa shape index (κ3) is 3.34. The molecule has 0 atom stereocenters. The first-order valence-corrected chi connectivity index (χ1v) is 7.58. The molecular formula is C12H7Cl3O3S. The molecule has 100 valence electrons. The molecular weight excluding hydrogens is 331 g/mol. The zero-order valence-corrected chi connectivity index (χ0v) is 12.4. The van der Waals surface area contributed by atoms with Crippen molar-refractivity contribution in [3.63, 3.8) is 0 Å². The monoisotopic (exact) mass is 336 g/mol. The van der Waals surface area contributed by atoms with Crippen molar-refractivity contribution in [2.75, 3.05) is 0 Å². The summed E-state index contributed by atoms with van der Waals surface area (Å²) in [6.07, 6.45) is 0. The van der Waals surface area contributed by atoms with Crippen LogP contribution in [-0.2, 0) is 10.1 Å². The van der Waals surface area contributed by atoms with E-state index in [0.29, 0.717) is 0 Å². The molecule has 0 bridgehead atoms. The van der Waals surface area contributed by atoms with Crippen LogP contribution in [-0.4, -0.2) is 8.42 Å². The van der Waals surface area contributed by atoms with Crippen LogP contribution in [0, 0.1) is 0 Å². The standard InChI is InChI=1S/C12H7Cl3O3S/c13-9-6-11(15)12(7-10(9)14)19(16,17)18-8-4-2-1-3-5-8/h1-7H. The first kappa shape index (κ1) is 14.5. The van der Waals surface area contributed by atoms with Crippen LogP contribution in [0.15, 0.2) is 47.4 Å². The predicted octanol–water partition coefficient (Wildman–Crippen LogP) is 4.41. The third-order valence-corrected chi connectivity index (χ3v) is 4.63. The molecule has 7 heteroatoms. The molecule has 2 aromatic carbocycles. The van der Waals surface area contributed by atoms with Gasteiger partial charge in [0.05, 0.1) is 15.1 Å². The summed E-state index contributed by atoms with van der Waals surface area (Å²) in [5, 5.41) is 0.206. The Morgan fingerprint density at radius 3 is 2.05 bits per heavy atom. The van der Waals surface area contributed by atoms with Gasteiger partial charge in [0.25, 0.3) is 0 Å². The third-order valence-electron chi connectivity index (χ3n) is 2.19. The minimum Gasteiger partial charge on any atom is -0.379 e. The maximum atomic E-state index is 12.1. The van der Waals surface area contributed by atoms with Gasteiger partial charge in [-0.25, -0.2) is 0 Å². The smallest absolute Gasteiger partial charge is 0.340 e. The van der Waals surface area contributed by atoms with Gasteiger partial charge in [0.1, 0.15) is 10.6 Å². The average molecular weight is 338 g/mol. The molecule has 0 amide bonds. The zero-order valence-electron chi connectivity index (χ0n) is 9.31. The number of hydrogen-bond acceptors (Lipinski definition) is 3. The number of halogens is 3. The quantitative estimate of drug-likeness (QED) is 0.615. The van der Waals surface area contributed by atoms with Crippen LogP contribution < -0.4 is 4.18 Å². The Morgan fingerprint density at radius 1 is 0.842 bits per heavy atom. The van der Waals surface area contributed by atoms with E-state index in [9.17, 15) is 8.42 Å². The number of benzene rings is 2. The summed E-state index contributed by atoms with van der Waals surface area (Å²) in [7, 11) is -4.06. The lowest BCUT2D eigenvalue weighted by molar-refractivity contribution is 0.486. The second-order valence-corrected chi connectivity index (χ2v) is 6.28. The van der Waals surface area contributed by atoms with E-state index in [0.717, 1.165) is 6.07 Å². The van der Waals surface area contributed by atoms with Crippen molar-refractivity contribution in [2.45, 2.75) is 4.90 Å². The molecule has 0 saturated heterocycles. The molecule has 0 aliphatic heterocycles. The molecule has 0 unspecified atom stereocenters. The van der Waals surface area contributed by atoms with E-state index in [-0.39, 0.29) is 25.7 Å². The first-order valence-electron chi connectivity index (χ1n) is 5.04. The molecule has 0 heterocycles. The van der Waals surface area contributed by atoms with Crippen molar-refractivity contribution in [1.82, 2.24) is 0 Å². The normalized spacial score (nSPS) is 11.3. The van der Waals surface area contributed by atoms with E-state index in [1.165, 1.54) is 18.2 Å². The maximum absolute atomic E-state index is 12.1. The molecule has 0 N–H and O–H groups in total. The molecule has 19 heavy (non-hydrogen) atoms. The highest BCUT2D eigenvalue weighted by molar-refractivity contribution is 7.87. The molecule has 0 aliphatic carbocycles. The Bertz CT molecular complexity index is 700. The molecule has 0 aromatic heterocycles. The highest BCUT2D eigenvalue weighted by Crippen LogP contribution is 2.32. The lowest BCUT2D eigenvalue weighted by Gasteiger charge is -2.09. The molecule has 0 radical (unpaired) electrons. The fourth-order valence-corrected chi connectivity index (χ4v) is 3.25. The number of para-hydroxylation sites is 1. The average Bonchev–Trinajstić information content (AvgIpc) is 2.34. The summed E-state index contributed by atoms with van der Waals surface area (Å²) in [6, 6.07) is 10.5. The highest BCUT2D eigenvalue weighted by atomic mass is 35.5. The van der Waals surface area contributed by atoms with Crippen LogP contribution in [0.3, 0.4) is 0 Å². The van der Waals surface area contributed by atoms with E-state index in [4.69, 9.17) is 39.0 Å². The maximum Gasteiger partial charge on any atom is 0.340 e. The Hall–Kier alpha value is -0.940. The van der Waals surface area contributed by atoms with E-state index in [1.54, 1.807) is 18.2 Å². The van der Waals surface area contributed by atoms with E-state index in [1.807, 2.05) is 0 Å². The van der Waals surface area contributed by atoms with E-state index >= 15 is 0 Å². The van der Waals surface area contributed by atoms with Gasteiger partial charge < -0.3 is 4.18 Å². The lowest BCUT2D eigenvalue weighted by Crippen LogP contribution is -2.10. The van der Waals surface area contributed by atoms with Gasteiger partial charge in [0.2, 0.25) is 0 Å². The SMILES string of the molecule is O=S(=O)(Oc1ccccc1)c1cc(Cl)c(Cl)cc1Cl. The molecule has 3 nitrogen and oxygen atoms in total. The molecule has 2 rings (SSSR count). The van der Waals surface area contributed by atoms with Gasteiger partial charge in [-0.05, 0) is 24.3 Å². The van der Waals surface area contributed by atoms with Crippen LogP contribution in [0.4, 0.5) is 0 Å². The summed E-state index contributed by atoms with van der Waals surface area (Å²) in [6.45, 7) is 0. The number of hydrogen-bond donors (Lipinski definition) is 0. The van der Waals surface area contributed by atoms with Crippen molar-refractivity contribution in [3.05, 3.63) is 57.5 Å². The topological polar surface area (TPSA) is 43.4 Å². The second kappa shape index (κ2) is 5.59. The molecule has 0 spiro atoms. The van der Waals surface area contributed by atoms with Gasteiger partial charge in [0, 0.05) is 0 Å². The van der Waals surface area contributed by atoms with Gasteiger partial charge in [-0.1, -0.05) is 53.0 Å². The van der Waals surface area contributed by atoms with Gasteiger partial charge in [-0.15, -0.1) is 0 Å². The predicted molar refractivity (Wildman–Crippen MR) is 75.7 cm³/mol. The summed E-state index contributed by atoms with van der Waals surface area (Å²) in [5.74, 6) is 0.185. The van der Waals surface area contributed by atoms with Crippen molar-refractivity contribution < 1.29 is 12.6 Å². The minimum absolute atomic E-state index is 0.0506. The van der Waals surface area contributed by atoms with Crippen molar-refractivity contribution in [2.24, 2.45) is 0 Å². The van der Waals surface area contributed by atoms with E-state index < -0.39 is 10.1 Å². The first-order chi connectivity index (χ1) is 8.90. The second-order valence-electron chi connectivity index (χ2n) is 3.55. The molecule has 2 aromatic rings. The minimum atomic E-state index is -4.06. The summed E-state index contributed by atoms with van der Waals surface area (Å²) < 4.78 is 29.1. The Kier molecular flexibility index (Phi) is 4.26. The largest absolute Gasteiger partial charge is 0.379 e. The molecule has 0 fully saturated rings. The van der Waals surface area contributed by atoms with Crippen molar-refractivity contribution >= 4 is 44.9 Å². The van der Waals surface area contributed by atoms with Gasteiger partial charge >= 0.3 is 10.1 Å². The van der Waals surface area contributed by atoms with Crippen molar-refractivity contribution in [1.29, 1.82) is 0 Å². The Labute approximate surface area is 125 Å². The summed E-state index contributed by atoms with van der Waals surface area (Å²) in [4.78, 5) is -0.229. The van der Waals surface area contributed by atoms with Crippen LogP contribution >= 0.6 is 34.8 Å². The fraction of sp³-hybridized carbons (Fsp3) is 0. The zero-order chi connectivity index (χ0) is 14.0. The van der Waals surface area contributed by atoms with Gasteiger partial charge in [-0.2, -0.15) is 8.42 Å². The van der Waals surface area contributed by atoms with Gasteiger partial charge in [0.15, 0.2) is 0 Å². The van der Waals surface area contributed by atoms with Crippen LogP contribution in [0.2, 0.25) is 15.1 Å². The van der Waals surface area contributed by atoms with Gasteiger partial charge in [-0.3, -0.25) is 0 Å². The van der Waals surface area contributed by atoms with Crippen LogP contribution in [0.1, 0.15) is 0 Å². The van der Waals surface area contributed by atoms with Crippen LogP contribution in [0.5, 0.6) is 5.75 Å². The number of rotatable bonds is 3. The Balaban J connectivity index is 2.43. The Morgan fingerprint density at radius 2 is 1.42 bits per heavy atom. The fourth-order valence-electron chi connectivity index (χ4n) is 1.34.